The SMILES string of the molecule is NCCNC(=O)c1ccc(C(=O)NCC(NS(=O)(=O)c2ccccc2)C(=O)O)cc1. The van der Waals surface area contributed by atoms with Crippen molar-refractivity contribution >= 4 is 27.8 Å². The van der Waals surface area contributed by atoms with Crippen LogP contribution in [-0.4, -0.2) is 57.0 Å². The molecule has 2 rings (SSSR count). The molecule has 2 aromatic rings. The molecule has 1 atom stereocenters. The number of benzene rings is 2. The summed E-state index contributed by atoms with van der Waals surface area (Å²) in [4.78, 5) is 35.4. The van der Waals surface area contributed by atoms with E-state index in [1.807, 2.05) is 0 Å². The minimum absolute atomic E-state index is 0.0916. The van der Waals surface area contributed by atoms with Crippen LogP contribution in [0.25, 0.3) is 0 Å². The van der Waals surface area contributed by atoms with Gasteiger partial charge in [-0.25, -0.2) is 8.42 Å². The molecule has 1 unspecified atom stereocenters. The Morgan fingerprint density at radius 2 is 1.43 bits per heavy atom. The van der Waals surface area contributed by atoms with Gasteiger partial charge >= 0.3 is 5.97 Å². The second-order valence-corrected chi connectivity index (χ2v) is 7.87. The molecule has 6 N–H and O–H groups in total. The second-order valence-electron chi connectivity index (χ2n) is 6.16. The predicted molar refractivity (Wildman–Crippen MR) is 108 cm³/mol. The van der Waals surface area contributed by atoms with E-state index >= 15 is 0 Å². The minimum atomic E-state index is -4.08. The number of rotatable bonds is 10. The molecule has 0 aliphatic rings. The van der Waals surface area contributed by atoms with Crippen LogP contribution in [0.4, 0.5) is 0 Å². The second kappa shape index (κ2) is 10.5. The molecule has 0 aliphatic heterocycles. The van der Waals surface area contributed by atoms with Gasteiger partial charge in [-0.05, 0) is 36.4 Å². The Hall–Kier alpha value is -3.28. The van der Waals surface area contributed by atoms with E-state index in [-0.39, 0.29) is 16.4 Å². The third-order valence-electron chi connectivity index (χ3n) is 3.95. The summed E-state index contributed by atoms with van der Waals surface area (Å²) in [6.45, 7) is 0.139. The van der Waals surface area contributed by atoms with Gasteiger partial charge in [-0.3, -0.25) is 14.4 Å². The minimum Gasteiger partial charge on any atom is -0.480 e. The van der Waals surface area contributed by atoms with E-state index in [4.69, 9.17) is 5.73 Å². The maximum absolute atomic E-state index is 12.3. The molecule has 0 saturated heterocycles. The molecule has 0 fully saturated rings. The number of hydrogen-bond donors (Lipinski definition) is 5. The summed E-state index contributed by atoms with van der Waals surface area (Å²) in [5, 5.41) is 14.3. The van der Waals surface area contributed by atoms with Gasteiger partial charge in [0.1, 0.15) is 6.04 Å². The zero-order valence-electron chi connectivity index (χ0n) is 15.9. The molecule has 0 aliphatic carbocycles. The molecule has 11 heteroatoms. The van der Waals surface area contributed by atoms with Crippen molar-refractivity contribution in [3.63, 3.8) is 0 Å². The summed E-state index contributed by atoms with van der Waals surface area (Å²) >= 11 is 0. The summed E-state index contributed by atoms with van der Waals surface area (Å²) in [7, 11) is -4.08. The van der Waals surface area contributed by atoms with E-state index in [0.717, 1.165) is 0 Å². The van der Waals surface area contributed by atoms with E-state index in [0.29, 0.717) is 18.7 Å². The molecule has 30 heavy (non-hydrogen) atoms. The van der Waals surface area contributed by atoms with Gasteiger partial charge in [0.2, 0.25) is 10.0 Å². The van der Waals surface area contributed by atoms with Crippen molar-refractivity contribution in [1.29, 1.82) is 0 Å². The number of hydrogen-bond acceptors (Lipinski definition) is 6. The number of carbonyl (C=O) groups excluding carboxylic acids is 2. The maximum Gasteiger partial charge on any atom is 0.323 e. The van der Waals surface area contributed by atoms with Crippen molar-refractivity contribution < 1.29 is 27.9 Å². The molecule has 0 radical (unpaired) electrons. The molecular formula is C19H22N4O6S. The van der Waals surface area contributed by atoms with Gasteiger partial charge in [0.25, 0.3) is 11.8 Å². The number of carbonyl (C=O) groups is 3. The topological polar surface area (TPSA) is 168 Å². The van der Waals surface area contributed by atoms with Gasteiger partial charge in [-0.1, -0.05) is 18.2 Å². The number of carboxylic acid groups (broad SMARTS) is 1. The van der Waals surface area contributed by atoms with Gasteiger partial charge in [0.15, 0.2) is 0 Å². The lowest BCUT2D eigenvalue weighted by atomic mass is 10.1. The Balaban J connectivity index is 2.00. The van der Waals surface area contributed by atoms with E-state index in [1.165, 1.54) is 48.5 Å². The first-order valence-electron chi connectivity index (χ1n) is 8.91. The number of nitrogens with two attached hydrogens (primary N) is 1. The molecule has 160 valence electrons. The highest BCUT2D eigenvalue weighted by Gasteiger charge is 2.26. The Labute approximate surface area is 173 Å². The van der Waals surface area contributed by atoms with Crippen molar-refractivity contribution in [2.45, 2.75) is 10.9 Å². The summed E-state index contributed by atoms with van der Waals surface area (Å²) < 4.78 is 26.7. The zero-order valence-corrected chi connectivity index (χ0v) is 16.7. The first-order chi connectivity index (χ1) is 14.2. The highest BCUT2D eigenvalue weighted by Crippen LogP contribution is 2.08. The fourth-order valence-corrected chi connectivity index (χ4v) is 3.60. The van der Waals surface area contributed by atoms with Crippen molar-refractivity contribution in [2.24, 2.45) is 5.73 Å². The average Bonchev–Trinajstić information content (AvgIpc) is 2.75. The van der Waals surface area contributed by atoms with Crippen LogP contribution in [0.3, 0.4) is 0 Å². The Morgan fingerprint density at radius 3 is 1.93 bits per heavy atom. The van der Waals surface area contributed by atoms with Crippen molar-refractivity contribution in [3.8, 4) is 0 Å². The van der Waals surface area contributed by atoms with E-state index < -0.39 is 34.5 Å². The van der Waals surface area contributed by atoms with E-state index in [1.54, 1.807) is 6.07 Å². The van der Waals surface area contributed by atoms with Crippen LogP contribution >= 0.6 is 0 Å². The van der Waals surface area contributed by atoms with E-state index in [2.05, 4.69) is 15.4 Å². The van der Waals surface area contributed by atoms with Crippen LogP contribution in [0.1, 0.15) is 20.7 Å². The Kier molecular flexibility index (Phi) is 8.04. The number of nitrogens with one attached hydrogen (secondary N) is 3. The van der Waals surface area contributed by atoms with Gasteiger partial charge in [0.05, 0.1) is 4.90 Å². The van der Waals surface area contributed by atoms with Crippen LogP contribution in [0.2, 0.25) is 0 Å². The fraction of sp³-hybridized carbons (Fsp3) is 0.211. The largest absolute Gasteiger partial charge is 0.480 e. The summed E-state index contributed by atoms with van der Waals surface area (Å²) in [5.74, 6) is -2.40. The molecule has 2 aromatic carbocycles. The lowest BCUT2D eigenvalue weighted by molar-refractivity contribution is -0.138. The van der Waals surface area contributed by atoms with E-state index in [9.17, 15) is 27.9 Å². The molecule has 2 amide bonds. The Morgan fingerprint density at radius 1 is 0.900 bits per heavy atom. The third-order valence-corrected chi connectivity index (χ3v) is 5.44. The number of aliphatic carboxylic acids is 1. The molecule has 0 spiro atoms. The van der Waals surface area contributed by atoms with Gasteiger partial charge in [-0.15, -0.1) is 0 Å². The molecule has 10 nitrogen and oxygen atoms in total. The normalized spacial score (nSPS) is 12.0. The van der Waals surface area contributed by atoms with Crippen LogP contribution in [-0.2, 0) is 14.8 Å². The summed E-state index contributed by atoms with van der Waals surface area (Å²) in [6.07, 6.45) is 0. The van der Waals surface area contributed by atoms with Crippen molar-refractivity contribution in [1.82, 2.24) is 15.4 Å². The van der Waals surface area contributed by atoms with Crippen molar-refractivity contribution in [3.05, 3.63) is 65.7 Å². The molecule has 0 heterocycles. The smallest absolute Gasteiger partial charge is 0.323 e. The molecule has 0 aromatic heterocycles. The van der Waals surface area contributed by atoms with Gasteiger partial charge in [-0.2, -0.15) is 4.72 Å². The molecule has 0 saturated carbocycles. The first-order valence-corrected chi connectivity index (χ1v) is 10.4. The van der Waals surface area contributed by atoms with Crippen LogP contribution in [0.5, 0.6) is 0 Å². The van der Waals surface area contributed by atoms with Crippen LogP contribution in [0.15, 0.2) is 59.5 Å². The van der Waals surface area contributed by atoms with Crippen LogP contribution < -0.4 is 21.1 Å². The lowest BCUT2D eigenvalue weighted by Gasteiger charge is -2.15. The standard InChI is InChI=1S/C19H22N4O6S/c20-10-11-21-17(24)13-6-8-14(9-7-13)18(25)22-12-16(19(26)27)23-30(28,29)15-4-2-1-3-5-15/h1-9,16,23H,10-12,20H2,(H,21,24)(H,22,25)(H,26,27). The van der Waals surface area contributed by atoms with Crippen molar-refractivity contribution in [2.75, 3.05) is 19.6 Å². The zero-order chi connectivity index (χ0) is 22.1. The maximum atomic E-state index is 12.3. The van der Waals surface area contributed by atoms with Gasteiger partial charge < -0.3 is 21.5 Å². The fourth-order valence-electron chi connectivity index (χ4n) is 2.39. The number of amides is 2. The highest BCUT2D eigenvalue weighted by molar-refractivity contribution is 7.89. The number of carboxylic acids is 1. The summed E-state index contributed by atoms with van der Waals surface area (Å²) in [6, 6.07) is 11.4. The summed E-state index contributed by atoms with van der Waals surface area (Å²) in [5.41, 5.74) is 5.83. The van der Waals surface area contributed by atoms with Crippen LogP contribution in [0, 0.1) is 0 Å². The first kappa shape index (κ1) is 23.0. The monoisotopic (exact) mass is 434 g/mol. The van der Waals surface area contributed by atoms with Gasteiger partial charge in [0, 0.05) is 30.8 Å². The average molecular weight is 434 g/mol. The predicted octanol–water partition coefficient (Wildman–Crippen LogP) is -0.463. The lowest BCUT2D eigenvalue weighted by Crippen LogP contribution is -2.48. The highest BCUT2D eigenvalue weighted by atomic mass is 32.2. The number of sulfonamides is 1. The molecule has 0 bridgehead atoms. The third kappa shape index (κ3) is 6.37. The quantitative estimate of drug-likeness (QED) is 0.337. The Bertz CT molecular complexity index is 993. The molecular weight excluding hydrogens is 412 g/mol.